The fraction of sp³-hybridized carbons (Fsp3) is 0.333. The summed E-state index contributed by atoms with van der Waals surface area (Å²) in [5.74, 6) is 0.998. The average molecular weight is 345 g/mol. The third-order valence-corrected chi connectivity index (χ3v) is 5.56. The maximum absolute atomic E-state index is 6.29. The van der Waals surface area contributed by atoms with Gasteiger partial charge in [0.25, 0.3) is 0 Å². The van der Waals surface area contributed by atoms with Gasteiger partial charge in [-0.05, 0) is 47.7 Å². The molecule has 1 saturated carbocycles. The van der Waals surface area contributed by atoms with Crippen molar-refractivity contribution in [2.45, 2.75) is 51.8 Å². The molecule has 0 heterocycles. The summed E-state index contributed by atoms with van der Waals surface area (Å²) < 4.78 is 6.29. The lowest BCUT2D eigenvalue weighted by atomic mass is 10.0. The summed E-state index contributed by atoms with van der Waals surface area (Å²) in [6, 6.07) is 22.0. The van der Waals surface area contributed by atoms with Gasteiger partial charge in [0.05, 0.1) is 0 Å². The molecule has 4 rings (SSSR count). The molecule has 0 spiro atoms. The molecule has 0 saturated heterocycles. The second-order valence-electron chi connectivity index (χ2n) is 7.34. The number of fused-ring (bicyclic) bond motifs is 1. The molecule has 134 valence electrons. The van der Waals surface area contributed by atoms with Gasteiger partial charge < -0.3 is 10.1 Å². The Kier molecular flexibility index (Phi) is 5.21. The Morgan fingerprint density at radius 1 is 0.923 bits per heavy atom. The normalized spacial score (nSPS) is 14.8. The summed E-state index contributed by atoms with van der Waals surface area (Å²) in [4.78, 5) is 0. The van der Waals surface area contributed by atoms with E-state index in [1.807, 2.05) is 0 Å². The van der Waals surface area contributed by atoms with Crippen LogP contribution in [0.4, 0.5) is 0 Å². The van der Waals surface area contributed by atoms with Gasteiger partial charge in [-0.3, -0.25) is 0 Å². The molecule has 26 heavy (non-hydrogen) atoms. The van der Waals surface area contributed by atoms with Crippen molar-refractivity contribution in [1.29, 1.82) is 0 Å². The number of hydrogen-bond donors (Lipinski definition) is 1. The Morgan fingerprint density at radius 3 is 2.54 bits per heavy atom. The Hall–Kier alpha value is -2.32. The lowest BCUT2D eigenvalue weighted by Gasteiger charge is -2.18. The predicted molar refractivity (Wildman–Crippen MR) is 109 cm³/mol. The SMILES string of the molecule is Cc1ccccc1COc1ccc2ccccc2c1CNC1CCCC1. The van der Waals surface area contributed by atoms with E-state index in [2.05, 4.69) is 72.9 Å². The number of aryl methyl sites for hydroxylation is 1. The van der Waals surface area contributed by atoms with Crippen molar-refractivity contribution in [2.24, 2.45) is 0 Å². The van der Waals surface area contributed by atoms with E-state index >= 15 is 0 Å². The van der Waals surface area contributed by atoms with E-state index in [1.165, 1.54) is 53.1 Å². The molecule has 2 heteroatoms. The standard InChI is InChI=1S/C24H27NO/c1-18-8-2-3-10-20(18)17-26-24-15-14-19-9-4-7-13-22(19)23(24)16-25-21-11-5-6-12-21/h2-4,7-10,13-15,21,25H,5-6,11-12,16-17H2,1H3. The fourth-order valence-electron chi connectivity index (χ4n) is 3.94. The van der Waals surface area contributed by atoms with Crippen molar-refractivity contribution in [3.63, 3.8) is 0 Å². The minimum absolute atomic E-state index is 0.613. The summed E-state index contributed by atoms with van der Waals surface area (Å²) in [5.41, 5.74) is 3.80. The average Bonchev–Trinajstić information content (AvgIpc) is 3.19. The zero-order valence-corrected chi connectivity index (χ0v) is 15.5. The highest BCUT2D eigenvalue weighted by atomic mass is 16.5. The molecular formula is C24H27NO. The minimum Gasteiger partial charge on any atom is -0.489 e. The molecule has 3 aromatic carbocycles. The lowest BCUT2D eigenvalue weighted by Crippen LogP contribution is -2.25. The smallest absolute Gasteiger partial charge is 0.124 e. The van der Waals surface area contributed by atoms with Gasteiger partial charge in [0, 0.05) is 18.2 Å². The predicted octanol–water partition coefficient (Wildman–Crippen LogP) is 5.76. The monoisotopic (exact) mass is 345 g/mol. The molecule has 1 N–H and O–H groups in total. The zero-order chi connectivity index (χ0) is 17.8. The summed E-state index contributed by atoms with van der Waals surface area (Å²) in [5, 5.41) is 6.33. The van der Waals surface area contributed by atoms with E-state index in [4.69, 9.17) is 4.74 Å². The van der Waals surface area contributed by atoms with Crippen LogP contribution in [0.5, 0.6) is 5.75 Å². The van der Waals surface area contributed by atoms with Crippen LogP contribution in [0.25, 0.3) is 10.8 Å². The van der Waals surface area contributed by atoms with Crippen LogP contribution >= 0.6 is 0 Å². The van der Waals surface area contributed by atoms with E-state index < -0.39 is 0 Å². The van der Waals surface area contributed by atoms with Crippen LogP contribution in [-0.4, -0.2) is 6.04 Å². The van der Waals surface area contributed by atoms with Gasteiger partial charge in [-0.1, -0.05) is 67.4 Å². The largest absolute Gasteiger partial charge is 0.489 e. The van der Waals surface area contributed by atoms with Gasteiger partial charge >= 0.3 is 0 Å². The van der Waals surface area contributed by atoms with Crippen molar-refractivity contribution >= 4 is 10.8 Å². The molecular weight excluding hydrogens is 318 g/mol. The first-order valence-corrected chi connectivity index (χ1v) is 9.72. The van der Waals surface area contributed by atoms with Crippen molar-refractivity contribution in [1.82, 2.24) is 5.32 Å². The summed E-state index contributed by atoms with van der Waals surface area (Å²) in [6.07, 6.45) is 5.29. The van der Waals surface area contributed by atoms with E-state index in [9.17, 15) is 0 Å². The Labute approximate surface area is 156 Å². The third-order valence-electron chi connectivity index (χ3n) is 5.56. The number of rotatable bonds is 6. The van der Waals surface area contributed by atoms with Gasteiger partial charge in [-0.2, -0.15) is 0 Å². The van der Waals surface area contributed by atoms with Gasteiger partial charge in [-0.25, -0.2) is 0 Å². The number of benzene rings is 3. The first-order valence-electron chi connectivity index (χ1n) is 9.72. The highest BCUT2D eigenvalue weighted by Crippen LogP contribution is 2.30. The highest BCUT2D eigenvalue weighted by molar-refractivity contribution is 5.87. The van der Waals surface area contributed by atoms with E-state index in [0.717, 1.165) is 12.3 Å². The molecule has 0 atom stereocenters. The molecule has 1 fully saturated rings. The van der Waals surface area contributed by atoms with Gasteiger partial charge in [-0.15, -0.1) is 0 Å². The van der Waals surface area contributed by atoms with E-state index in [1.54, 1.807) is 0 Å². The molecule has 1 aliphatic carbocycles. The second kappa shape index (κ2) is 7.92. The van der Waals surface area contributed by atoms with Crippen LogP contribution in [0.3, 0.4) is 0 Å². The minimum atomic E-state index is 0.613. The van der Waals surface area contributed by atoms with Crippen LogP contribution in [0.1, 0.15) is 42.4 Å². The first kappa shape index (κ1) is 17.1. The van der Waals surface area contributed by atoms with Crippen LogP contribution in [0.2, 0.25) is 0 Å². The number of ether oxygens (including phenoxy) is 1. The van der Waals surface area contributed by atoms with Gasteiger partial charge in [0.2, 0.25) is 0 Å². The van der Waals surface area contributed by atoms with Crippen molar-refractivity contribution < 1.29 is 4.74 Å². The number of hydrogen-bond acceptors (Lipinski definition) is 2. The number of nitrogens with one attached hydrogen (secondary N) is 1. The fourth-order valence-corrected chi connectivity index (χ4v) is 3.94. The van der Waals surface area contributed by atoms with Crippen LogP contribution in [-0.2, 0) is 13.2 Å². The zero-order valence-electron chi connectivity index (χ0n) is 15.5. The Morgan fingerprint density at radius 2 is 1.69 bits per heavy atom. The third kappa shape index (κ3) is 3.76. The highest BCUT2D eigenvalue weighted by Gasteiger charge is 2.16. The van der Waals surface area contributed by atoms with Gasteiger partial charge in [0.1, 0.15) is 12.4 Å². The molecule has 1 aliphatic rings. The van der Waals surface area contributed by atoms with Gasteiger partial charge in [0.15, 0.2) is 0 Å². The lowest BCUT2D eigenvalue weighted by molar-refractivity contribution is 0.301. The topological polar surface area (TPSA) is 21.3 Å². The van der Waals surface area contributed by atoms with Crippen molar-refractivity contribution in [2.75, 3.05) is 0 Å². The maximum Gasteiger partial charge on any atom is 0.124 e. The Bertz CT molecular complexity index is 880. The van der Waals surface area contributed by atoms with Crippen LogP contribution < -0.4 is 10.1 Å². The first-order chi connectivity index (χ1) is 12.8. The van der Waals surface area contributed by atoms with Crippen LogP contribution in [0, 0.1) is 6.92 Å². The molecule has 0 radical (unpaired) electrons. The second-order valence-corrected chi connectivity index (χ2v) is 7.34. The molecule has 0 aliphatic heterocycles. The van der Waals surface area contributed by atoms with Crippen LogP contribution in [0.15, 0.2) is 60.7 Å². The molecule has 0 aromatic heterocycles. The molecule has 2 nitrogen and oxygen atoms in total. The molecule has 3 aromatic rings. The Balaban J connectivity index is 1.59. The maximum atomic E-state index is 6.29. The van der Waals surface area contributed by atoms with E-state index in [-0.39, 0.29) is 0 Å². The van der Waals surface area contributed by atoms with Crippen molar-refractivity contribution in [3.05, 3.63) is 77.4 Å². The molecule has 0 bridgehead atoms. The summed E-state index contributed by atoms with van der Waals surface area (Å²) >= 11 is 0. The molecule has 0 unspecified atom stereocenters. The quantitative estimate of drug-likeness (QED) is 0.613. The summed E-state index contributed by atoms with van der Waals surface area (Å²) in [7, 11) is 0. The summed E-state index contributed by atoms with van der Waals surface area (Å²) in [6.45, 7) is 3.62. The van der Waals surface area contributed by atoms with Crippen molar-refractivity contribution in [3.8, 4) is 5.75 Å². The van der Waals surface area contributed by atoms with E-state index in [0.29, 0.717) is 12.6 Å². The molecule has 0 amide bonds.